The van der Waals surface area contributed by atoms with Gasteiger partial charge in [0.15, 0.2) is 0 Å². The highest BCUT2D eigenvalue weighted by atomic mass is 35.5. The maximum atomic E-state index is 13.0. The van der Waals surface area contributed by atoms with Crippen molar-refractivity contribution >= 4 is 17.5 Å². The lowest BCUT2D eigenvalue weighted by Gasteiger charge is -2.41. The fourth-order valence-electron chi connectivity index (χ4n) is 5.84. The lowest BCUT2D eigenvalue weighted by molar-refractivity contribution is -0.0431. The van der Waals surface area contributed by atoms with Crippen molar-refractivity contribution in [3.63, 3.8) is 0 Å². The monoisotopic (exact) mass is 606 g/mol. The van der Waals surface area contributed by atoms with Gasteiger partial charge in [0.25, 0.3) is 5.91 Å². The molecule has 0 aromatic heterocycles. The number of fused-ring (bicyclic) bond motifs is 1. The van der Waals surface area contributed by atoms with E-state index in [9.17, 15) is 9.90 Å². The smallest absolute Gasteiger partial charge is 0.255 e. The van der Waals surface area contributed by atoms with Crippen LogP contribution in [0.25, 0.3) is 0 Å². The SMILES string of the molecule is COc1ccc(COc2ccc(C(=O)NC3CC3)c(OCC(C)(O)CN3CCC4(CC3)Cc3cc(Cl)ccc3O4)c2)cc1. The number of aliphatic hydroxyl groups is 1. The summed E-state index contributed by atoms with van der Waals surface area (Å²) in [5, 5.41) is 15.1. The van der Waals surface area contributed by atoms with Crippen LogP contribution in [0.1, 0.15) is 54.1 Å². The number of methoxy groups -OCH3 is 1. The number of carbonyl (C=O) groups excluding carboxylic acids is 1. The molecule has 1 amide bonds. The van der Waals surface area contributed by atoms with E-state index >= 15 is 0 Å². The molecule has 3 aromatic carbocycles. The van der Waals surface area contributed by atoms with Crippen molar-refractivity contribution in [1.82, 2.24) is 10.2 Å². The minimum absolute atomic E-state index is 0.0285. The first-order valence-electron chi connectivity index (χ1n) is 14.9. The lowest BCUT2D eigenvalue weighted by atomic mass is 9.86. The Balaban J connectivity index is 1.07. The van der Waals surface area contributed by atoms with Crippen molar-refractivity contribution in [2.24, 2.45) is 0 Å². The van der Waals surface area contributed by atoms with Gasteiger partial charge in [0.2, 0.25) is 0 Å². The van der Waals surface area contributed by atoms with Crippen LogP contribution < -0.4 is 24.3 Å². The molecule has 8 nitrogen and oxygen atoms in total. The van der Waals surface area contributed by atoms with Crippen molar-refractivity contribution in [2.45, 2.75) is 62.9 Å². The number of ether oxygens (including phenoxy) is 4. The topological polar surface area (TPSA) is 89.5 Å². The summed E-state index contributed by atoms with van der Waals surface area (Å²) < 4.78 is 23.8. The molecule has 1 atom stereocenters. The molecule has 3 aromatic rings. The molecule has 0 bridgehead atoms. The molecule has 1 unspecified atom stereocenters. The largest absolute Gasteiger partial charge is 0.497 e. The number of carbonyl (C=O) groups is 1. The summed E-state index contributed by atoms with van der Waals surface area (Å²) in [6, 6.07) is 18.9. The molecule has 2 heterocycles. The number of β-amino-alcohol motifs (C(OH)–C–C–N with tert-alkyl or cyclic N) is 1. The number of likely N-dealkylation sites (tertiary alicyclic amines) is 1. The minimum atomic E-state index is -1.14. The molecule has 43 heavy (non-hydrogen) atoms. The second kappa shape index (κ2) is 12.3. The molecular formula is C34H39ClN2O6. The summed E-state index contributed by atoms with van der Waals surface area (Å²) in [5.41, 5.74) is 1.24. The van der Waals surface area contributed by atoms with Gasteiger partial charge in [0.05, 0.1) is 12.7 Å². The Morgan fingerprint density at radius 2 is 1.81 bits per heavy atom. The maximum absolute atomic E-state index is 13.0. The third kappa shape index (κ3) is 7.37. The van der Waals surface area contributed by atoms with Crippen molar-refractivity contribution in [3.05, 3.63) is 82.4 Å². The van der Waals surface area contributed by atoms with Crippen LogP contribution in [0.2, 0.25) is 5.02 Å². The van der Waals surface area contributed by atoms with Crippen LogP contribution in [0, 0.1) is 0 Å². The zero-order valence-corrected chi connectivity index (χ0v) is 25.5. The van der Waals surface area contributed by atoms with E-state index in [1.807, 2.05) is 42.5 Å². The molecule has 1 aliphatic carbocycles. The van der Waals surface area contributed by atoms with Gasteiger partial charge in [-0.25, -0.2) is 0 Å². The number of hydrogen-bond acceptors (Lipinski definition) is 7. The second-order valence-corrected chi connectivity index (χ2v) is 12.8. The van der Waals surface area contributed by atoms with E-state index in [0.29, 0.717) is 30.2 Å². The van der Waals surface area contributed by atoms with Crippen molar-refractivity contribution in [1.29, 1.82) is 0 Å². The van der Waals surface area contributed by atoms with E-state index in [1.54, 1.807) is 32.2 Å². The van der Waals surface area contributed by atoms with Gasteiger partial charge in [-0.3, -0.25) is 4.79 Å². The van der Waals surface area contributed by atoms with E-state index < -0.39 is 5.60 Å². The van der Waals surface area contributed by atoms with E-state index in [1.165, 1.54) is 0 Å². The summed E-state index contributed by atoms with van der Waals surface area (Å²) in [7, 11) is 1.63. The fourth-order valence-corrected chi connectivity index (χ4v) is 6.03. The molecule has 228 valence electrons. The Bertz CT molecular complexity index is 1450. The molecule has 2 fully saturated rings. The summed E-state index contributed by atoms with van der Waals surface area (Å²) in [4.78, 5) is 15.3. The molecule has 9 heteroatoms. The maximum Gasteiger partial charge on any atom is 0.255 e. The zero-order valence-electron chi connectivity index (χ0n) is 24.7. The number of amides is 1. The van der Waals surface area contributed by atoms with Gasteiger partial charge >= 0.3 is 0 Å². The Kier molecular flexibility index (Phi) is 8.45. The molecule has 6 rings (SSSR count). The first-order chi connectivity index (χ1) is 20.7. The number of benzene rings is 3. The average molecular weight is 607 g/mol. The summed E-state index contributed by atoms with van der Waals surface area (Å²) in [6.45, 7) is 4.21. The predicted molar refractivity (Wildman–Crippen MR) is 165 cm³/mol. The van der Waals surface area contributed by atoms with Gasteiger partial charge in [-0.2, -0.15) is 0 Å². The van der Waals surface area contributed by atoms with E-state index in [2.05, 4.69) is 10.2 Å². The molecule has 3 aliphatic rings. The Hall–Kier alpha value is -3.46. The Morgan fingerprint density at radius 1 is 1.07 bits per heavy atom. The van der Waals surface area contributed by atoms with Crippen LogP contribution in [-0.2, 0) is 13.0 Å². The number of hydrogen-bond donors (Lipinski definition) is 2. The van der Waals surface area contributed by atoms with Crippen molar-refractivity contribution in [2.75, 3.05) is 33.4 Å². The highest BCUT2D eigenvalue weighted by molar-refractivity contribution is 6.30. The van der Waals surface area contributed by atoms with Crippen LogP contribution >= 0.6 is 11.6 Å². The van der Waals surface area contributed by atoms with Gasteiger partial charge < -0.3 is 34.3 Å². The number of halogens is 1. The molecule has 1 spiro atoms. The number of nitrogens with zero attached hydrogens (tertiary/aromatic N) is 1. The lowest BCUT2D eigenvalue weighted by Crippen LogP contribution is -2.52. The van der Waals surface area contributed by atoms with E-state index in [4.69, 9.17) is 30.5 Å². The third-order valence-electron chi connectivity index (χ3n) is 8.41. The van der Waals surface area contributed by atoms with Gasteiger partial charge in [0.1, 0.15) is 47.4 Å². The first-order valence-corrected chi connectivity index (χ1v) is 15.3. The Labute approximate surface area is 257 Å². The highest BCUT2D eigenvalue weighted by Gasteiger charge is 2.43. The van der Waals surface area contributed by atoms with Crippen LogP contribution in [0.3, 0.4) is 0 Å². The molecule has 1 saturated carbocycles. The quantitative estimate of drug-likeness (QED) is 0.301. The third-order valence-corrected chi connectivity index (χ3v) is 8.64. The first kappa shape index (κ1) is 29.6. The minimum Gasteiger partial charge on any atom is -0.497 e. The molecule has 1 saturated heterocycles. The van der Waals surface area contributed by atoms with Crippen molar-refractivity contribution in [3.8, 4) is 23.0 Å². The van der Waals surface area contributed by atoms with Gasteiger partial charge in [-0.05, 0) is 73.4 Å². The summed E-state index contributed by atoms with van der Waals surface area (Å²) in [6.07, 6.45) is 4.58. The summed E-state index contributed by atoms with van der Waals surface area (Å²) >= 11 is 6.19. The van der Waals surface area contributed by atoms with Gasteiger partial charge in [0, 0.05) is 56.0 Å². The van der Waals surface area contributed by atoms with Crippen LogP contribution in [-0.4, -0.2) is 66.5 Å². The highest BCUT2D eigenvalue weighted by Crippen LogP contribution is 2.42. The Morgan fingerprint density at radius 3 is 2.53 bits per heavy atom. The van der Waals surface area contributed by atoms with E-state index in [-0.39, 0.29) is 24.2 Å². The normalized spacial score (nSPS) is 18.8. The molecule has 0 radical (unpaired) electrons. The van der Waals surface area contributed by atoms with Gasteiger partial charge in [-0.1, -0.05) is 23.7 Å². The summed E-state index contributed by atoms with van der Waals surface area (Å²) in [5.74, 6) is 2.49. The van der Waals surface area contributed by atoms with Crippen molar-refractivity contribution < 1.29 is 28.8 Å². The fraction of sp³-hybridized carbons (Fsp3) is 0.441. The van der Waals surface area contributed by atoms with E-state index in [0.717, 1.165) is 72.8 Å². The second-order valence-electron chi connectivity index (χ2n) is 12.3. The molecular weight excluding hydrogens is 568 g/mol. The standard InChI is InChI=1S/C34H39ClN2O6/c1-33(39,21-37-15-13-34(14-16-37)19-24-17-25(35)5-12-30(24)43-34)22-42-31-18-28(10-11-29(31)32(38)36-26-6-7-26)41-20-23-3-8-27(40-2)9-4-23/h3-5,8-12,17-18,26,39H,6-7,13-16,19-22H2,1-2H3,(H,36,38). The molecule has 2 aliphatic heterocycles. The van der Waals surface area contributed by atoms with Crippen LogP contribution in [0.15, 0.2) is 60.7 Å². The zero-order chi connectivity index (χ0) is 30.0. The van der Waals surface area contributed by atoms with Crippen LogP contribution in [0.5, 0.6) is 23.0 Å². The molecule has 2 N–H and O–H groups in total. The number of piperidine rings is 1. The van der Waals surface area contributed by atoms with Gasteiger partial charge in [-0.15, -0.1) is 0 Å². The average Bonchev–Trinajstić information content (AvgIpc) is 3.75. The number of nitrogens with one attached hydrogen (secondary N) is 1. The number of rotatable bonds is 11. The predicted octanol–water partition coefficient (Wildman–Crippen LogP) is 5.42. The van der Waals surface area contributed by atoms with Crippen LogP contribution in [0.4, 0.5) is 0 Å².